The molecule has 2 N–H and O–H groups in total. The average Bonchev–Trinajstić information content (AvgIpc) is 2.38. The predicted molar refractivity (Wildman–Crippen MR) is 71.1 cm³/mol. The van der Waals surface area contributed by atoms with Crippen molar-refractivity contribution in [1.29, 1.82) is 0 Å². The number of halogens is 3. The van der Waals surface area contributed by atoms with Crippen LogP contribution in [0.5, 0.6) is 0 Å². The SMILES string of the molecule is Cc1cc(C(N)Cc2cccc(C(F)(F)F)c2)ccn1. The molecule has 1 atom stereocenters. The molecule has 0 fully saturated rings. The van der Waals surface area contributed by atoms with Gasteiger partial charge in [-0.1, -0.05) is 18.2 Å². The number of benzene rings is 1. The van der Waals surface area contributed by atoms with Crippen molar-refractivity contribution in [2.45, 2.75) is 25.6 Å². The van der Waals surface area contributed by atoms with Crippen molar-refractivity contribution in [1.82, 2.24) is 4.98 Å². The first-order chi connectivity index (χ1) is 9.36. The van der Waals surface area contributed by atoms with E-state index in [2.05, 4.69) is 4.98 Å². The fourth-order valence-corrected chi connectivity index (χ4v) is 2.04. The van der Waals surface area contributed by atoms with E-state index < -0.39 is 11.7 Å². The van der Waals surface area contributed by atoms with Crippen LogP contribution in [0.3, 0.4) is 0 Å². The van der Waals surface area contributed by atoms with Crippen molar-refractivity contribution < 1.29 is 13.2 Å². The van der Waals surface area contributed by atoms with Gasteiger partial charge in [-0.3, -0.25) is 4.98 Å². The quantitative estimate of drug-likeness (QED) is 0.932. The van der Waals surface area contributed by atoms with E-state index >= 15 is 0 Å². The molecule has 20 heavy (non-hydrogen) atoms. The molecule has 0 aliphatic heterocycles. The second-order valence-corrected chi connectivity index (χ2v) is 4.74. The number of nitrogens with zero attached hydrogens (tertiary/aromatic N) is 1. The maximum atomic E-state index is 12.6. The summed E-state index contributed by atoms with van der Waals surface area (Å²) < 4.78 is 37.9. The van der Waals surface area contributed by atoms with E-state index in [-0.39, 0.29) is 6.04 Å². The fourth-order valence-electron chi connectivity index (χ4n) is 2.04. The minimum atomic E-state index is -4.33. The molecule has 0 amide bonds. The van der Waals surface area contributed by atoms with Gasteiger partial charge < -0.3 is 5.73 Å². The van der Waals surface area contributed by atoms with Crippen molar-refractivity contribution in [3.63, 3.8) is 0 Å². The molecule has 0 aliphatic rings. The van der Waals surface area contributed by atoms with E-state index in [1.54, 1.807) is 18.3 Å². The van der Waals surface area contributed by atoms with Crippen molar-refractivity contribution in [2.75, 3.05) is 0 Å². The molecule has 106 valence electrons. The highest BCUT2D eigenvalue weighted by molar-refractivity contribution is 5.28. The first-order valence-electron chi connectivity index (χ1n) is 6.20. The highest BCUT2D eigenvalue weighted by atomic mass is 19.4. The Morgan fingerprint density at radius 1 is 1.20 bits per heavy atom. The molecule has 1 aromatic carbocycles. The van der Waals surface area contributed by atoms with E-state index in [4.69, 9.17) is 5.73 Å². The molecule has 0 saturated heterocycles. The Morgan fingerprint density at radius 3 is 2.60 bits per heavy atom. The third kappa shape index (κ3) is 3.57. The molecule has 0 saturated carbocycles. The molecule has 0 bridgehead atoms. The summed E-state index contributed by atoms with van der Waals surface area (Å²) >= 11 is 0. The first-order valence-corrected chi connectivity index (χ1v) is 6.20. The van der Waals surface area contributed by atoms with E-state index in [1.807, 2.05) is 13.0 Å². The van der Waals surface area contributed by atoms with Gasteiger partial charge in [0.1, 0.15) is 0 Å². The van der Waals surface area contributed by atoms with Gasteiger partial charge in [0.05, 0.1) is 5.56 Å². The van der Waals surface area contributed by atoms with Gasteiger partial charge in [0.2, 0.25) is 0 Å². The van der Waals surface area contributed by atoms with Crippen LogP contribution in [-0.2, 0) is 12.6 Å². The van der Waals surface area contributed by atoms with Gasteiger partial charge in [0.15, 0.2) is 0 Å². The van der Waals surface area contributed by atoms with Crippen molar-refractivity contribution >= 4 is 0 Å². The molecular formula is C15H15F3N2. The predicted octanol–water partition coefficient (Wildman–Crippen LogP) is 3.65. The number of hydrogen-bond acceptors (Lipinski definition) is 2. The lowest BCUT2D eigenvalue weighted by Crippen LogP contribution is -2.14. The monoisotopic (exact) mass is 280 g/mol. The standard InChI is InChI=1S/C15H15F3N2/c1-10-7-12(5-6-20-10)14(19)9-11-3-2-4-13(8-11)15(16,17)18/h2-8,14H,9,19H2,1H3. The van der Waals surface area contributed by atoms with Gasteiger partial charge in [-0.2, -0.15) is 13.2 Å². The maximum Gasteiger partial charge on any atom is 0.416 e. The normalized spacial score (nSPS) is 13.2. The number of nitrogens with two attached hydrogens (primary N) is 1. The van der Waals surface area contributed by atoms with Gasteiger partial charge in [0.25, 0.3) is 0 Å². The Labute approximate surface area is 115 Å². The third-order valence-corrected chi connectivity index (χ3v) is 3.06. The van der Waals surface area contributed by atoms with Crippen LogP contribution in [-0.4, -0.2) is 4.98 Å². The Hall–Kier alpha value is -1.88. The summed E-state index contributed by atoms with van der Waals surface area (Å²) in [7, 11) is 0. The highest BCUT2D eigenvalue weighted by Crippen LogP contribution is 2.30. The van der Waals surface area contributed by atoms with Crippen molar-refractivity contribution in [3.05, 3.63) is 65.0 Å². The molecular weight excluding hydrogens is 265 g/mol. The van der Waals surface area contributed by atoms with Gasteiger partial charge in [-0.15, -0.1) is 0 Å². The molecule has 1 aromatic heterocycles. The number of aromatic nitrogens is 1. The second-order valence-electron chi connectivity index (χ2n) is 4.74. The van der Waals surface area contributed by atoms with Crippen LogP contribution >= 0.6 is 0 Å². The Morgan fingerprint density at radius 2 is 1.95 bits per heavy atom. The average molecular weight is 280 g/mol. The minimum Gasteiger partial charge on any atom is -0.324 e. The lowest BCUT2D eigenvalue weighted by atomic mass is 9.98. The molecule has 5 heteroatoms. The van der Waals surface area contributed by atoms with E-state index in [0.29, 0.717) is 12.0 Å². The van der Waals surface area contributed by atoms with Crippen LogP contribution in [0.25, 0.3) is 0 Å². The summed E-state index contributed by atoms with van der Waals surface area (Å²) in [6.07, 6.45) is -2.32. The minimum absolute atomic E-state index is 0.347. The molecule has 1 heterocycles. The van der Waals surface area contributed by atoms with Crippen LogP contribution in [0.4, 0.5) is 13.2 Å². The van der Waals surface area contributed by atoms with E-state index in [0.717, 1.165) is 23.4 Å². The maximum absolute atomic E-state index is 12.6. The molecule has 2 aromatic rings. The number of hydrogen-bond donors (Lipinski definition) is 1. The summed E-state index contributed by atoms with van der Waals surface area (Å²) in [5, 5.41) is 0. The number of rotatable bonds is 3. The number of aryl methyl sites for hydroxylation is 1. The fraction of sp³-hybridized carbons (Fsp3) is 0.267. The van der Waals surface area contributed by atoms with Crippen LogP contribution in [0, 0.1) is 6.92 Å². The van der Waals surface area contributed by atoms with Gasteiger partial charge in [0, 0.05) is 17.9 Å². The lowest BCUT2D eigenvalue weighted by Gasteiger charge is -2.14. The summed E-state index contributed by atoms with van der Waals surface area (Å²) in [5.41, 5.74) is 7.68. The topological polar surface area (TPSA) is 38.9 Å². The zero-order chi connectivity index (χ0) is 14.8. The molecule has 1 unspecified atom stereocenters. The summed E-state index contributed by atoms with van der Waals surface area (Å²) in [5.74, 6) is 0. The Kier molecular flexibility index (Phi) is 4.09. The zero-order valence-electron chi connectivity index (χ0n) is 11.0. The van der Waals surface area contributed by atoms with Crippen molar-refractivity contribution in [3.8, 4) is 0 Å². The van der Waals surface area contributed by atoms with E-state index in [9.17, 15) is 13.2 Å². The summed E-state index contributed by atoms with van der Waals surface area (Å²) in [4.78, 5) is 4.07. The Bertz CT molecular complexity index is 594. The third-order valence-electron chi connectivity index (χ3n) is 3.06. The zero-order valence-corrected chi connectivity index (χ0v) is 11.0. The molecule has 0 aliphatic carbocycles. The smallest absolute Gasteiger partial charge is 0.324 e. The molecule has 0 spiro atoms. The van der Waals surface area contributed by atoms with Crippen LogP contribution in [0.1, 0.15) is 28.4 Å². The van der Waals surface area contributed by atoms with Gasteiger partial charge >= 0.3 is 6.18 Å². The Balaban J connectivity index is 2.18. The van der Waals surface area contributed by atoms with Crippen LogP contribution in [0.2, 0.25) is 0 Å². The number of pyridine rings is 1. The van der Waals surface area contributed by atoms with Crippen molar-refractivity contribution in [2.24, 2.45) is 5.73 Å². The van der Waals surface area contributed by atoms with Gasteiger partial charge in [-0.05, 0) is 42.7 Å². The molecule has 2 nitrogen and oxygen atoms in total. The molecule has 0 radical (unpaired) electrons. The first kappa shape index (κ1) is 14.5. The number of alkyl halides is 3. The molecule has 2 rings (SSSR count). The lowest BCUT2D eigenvalue weighted by molar-refractivity contribution is -0.137. The van der Waals surface area contributed by atoms with E-state index in [1.165, 1.54) is 6.07 Å². The van der Waals surface area contributed by atoms with Gasteiger partial charge in [-0.25, -0.2) is 0 Å². The highest BCUT2D eigenvalue weighted by Gasteiger charge is 2.30. The summed E-state index contributed by atoms with van der Waals surface area (Å²) in [6, 6.07) is 8.55. The second kappa shape index (κ2) is 5.63. The summed E-state index contributed by atoms with van der Waals surface area (Å²) in [6.45, 7) is 1.85. The largest absolute Gasteiger partial charge is 0.416 e. The van der Waals surface area contributed by atoms with Crippen LogP contribution in [0.15, 0.2) is 42.6 Å². The van der Waals surface area contributed by atoms with Crippen LogP contribution < -0.4 is 5.73 Å².